The van der Waals surface area contributed by atoms with E-state index in [4.69, 9.17) is 4.74 Å². The van der Waals surface area contributed by atoms with Gasteiger partial charge in [-0.1, -0.05) is 32.9 Å². The Morgan fingerprint density at radius 3 is 2.52 bits per heavy atom. The lowest BCUT2D eigenvalue weighted by Gasteiger charge is -2.37. The standard InChI is InChI=1S/C25H34N2O3S/c1-6-18(4)27(19(5)28)15-25(29)26-13-11-24-22(12-14-31-24)23(26)16-30-21-9-7-20(8-10-21)17(2)3/h7-10,12,14,17-18,23H,6,11,13,15-16H2,1-5H3/t18-,23+/m1/s1. The van der Waals surface area contributed by atoms with Crippen LogP contribution in [0.5, 0.6) is 5.75 Å². The van der Waals surface area contributed by atoms with Crippen molar-refractivity contribution in [2.75, 3.05) is 19.7 Å². The third kappa shape index (κ3) is 5.48. The third-order valence-corrected chi connectivity index (χ3v) is 7.20. The van der Waals surface area contributed by atoms with Gasteiger partial charge in [0.2, 0.25) is 11.8 Å². The monoisotopic (exact) mass is 442 g/mol. The molecule has 2 heterocycles. The van der Waals surface area contributed by atoms with Crippen molar-refractivity contribution >= 4 is 23.2 Å². The summed E-state index contributed by atoms with van der Waals surface area (Å²) in [6.07, 6.45) is 1.67. The van der Waals surface area contributed by atoms with Crippen LogP contribution in [0.2, 0.25) is 0 Å². The molecule has 0 N–H and O–H groups in total. The fourth-order valence-electron chi connectivity index (χ4n) is 4.03. The van der Waals surface area contributed by atoms with E-state index in [1.54, 1.807) is 16.2 Å². The number of carbonyl (C=O) groups excluding carboxylic acids is 2. The molecule has 1 aromatic heterocycles. The van der Waals surface area contributed by atoms with Crippen LogP contribution in [0.4, 0.5) is 0 Å². The Morgan fingerprint density at radius 2 is 1.90 bits per heavy atom. The summed E-state index contributed by atoms with van der Waals surface area (Å²) in [6, 6.07) is 10.2. The smallest absolute Gasteiger partial charge is 0.242 e. The second-order valence-electron chi connectivity index (χ2n) is 8.59. The zero-order chi connectivity index (χ0) is 22.5. The summed E-state index contributed by atoms with van der Waals surface area (Å²) in [7, 11) is 0. The second kappa shape index (κ2) is 10.3. The van der Waals surface area contributed by atoms with Gasteiger partial charge in [-0.2, -0.15) is 0 Å². The molecule has 0 spiro atoms. The summed E-state index contributed by atoms with van der Waals surface area (Å²) in [5.74, 6) is 1.21. The van der Waals surface area contributed by atoms with Crippen molar-refractivity contribution in [1.29, 1.82) is 0 Å². The van der Waals surface area contributed by atoms with Crippen molar-refractivity contribution in [3.8, 4) is 5.75 Å². The van der Waals surface area contributed by atoms with E-state index in [1.165, 1.54) is 22.9 Å². The van der Waals surface area contributed by atoms with Gasteiger partial charge in [-0.25, -0.2) is 0 Å². The number of nitrogens with zero attached hydrogens (tertiary/aromatic N) is 2. The number of ether oxygens (including phenoxy) is 1. The molecule has 0 bridgehead atoms. The van der Waals surface area contributed by atoms with Gasteiger partial charge in [0.15, 0.2) is 0 Å². The van der Waals surface area contributed by atoms with Crippen molar-refractivity contribution in [3.63, 3.8) is 0 Å². The molecule has 168 valence electrons. The van der Waals surface area contributed by atoms with Crippen LogP contribution < -0.4 is 4.74 Å². The molecule has 0 saturated heterocycles. The lowest BCUT2D eigenvalue weighted by molar-refractivity contribution is -0.143. The summed E-state index contributed by atoms with van der Waals surface area (Å²) in [5, 5.41) is 2.09. The predicted molar refractivity (Wildman–Crippen MR) is 126 cm³/mol. The fourth-order valence-corrected chi connectivity index (χ4v) is 4.96. The van der Waals surface area contributed by atoms with E-state index in [-0.39, 0.29) is 30.4 Å². The molecule has 1 aliphatic rings. The van der Waals surface area contributed by atoms with Crippen LogP contribution in [0.1, 0.15) is 69.0 Å². The second-order valence-corrected chi connectivity index (χ2v) is 9.59. The molecule has 6 heteroatoms. The first-order valence-corrected chi connectivity index (χ1v) is 12.1. The minimum atomic E-state index is -0.141. The minimum Gasteiger partial charge on any atom is -0.491 e. The molecule has 0 aliphatic carbocycles. The number of thiophene rings is 1. The maximum atomic E-state index is 13.3. The molecule has 1 aliphatic heterocycles. The molecule has 3 rings (SSSR count). The van der Waals surface area contributed by atoms with Gasteiger partial charge >= 0.3 is 0 Å². The summed E-state index contributed by atoms with van der Waals surface area (Å²) >= 11 is 1.74. The van der Waals surface area contributed by atoms with Crippen LogP contribution in [0, 0.1) is 0 Å². The predicted octanol–water partition coefficient (Wildman–Crippen LogP) is 5.02. The van der Waals surface area contributed by atoms with Gasteiger partial charge < -0.3 is 14.5 Å². The average Bonchev–Trinajstić information content (AvgIpc) is 3.24. The summed E-state index contributed by atoms with van der Waals surface area (Å²) < 4.78 is 6.14. The van der Waals surface area contributed by atoms with Crippen molar-refractivity contribution in [1.82, 2.24) is 9.80 Å². The lowest BCUT2D eigenvalue weighted by Crippen LogP contribution is -2.49. The highest BCUT2D eigenvalue weighted by molar-refractivity contribution is 7.10. The number of hydrogen-bond acceptors (Lipinski definition) is 4. The molecule has 0 unspecified atom stereocenters. The molecular formula is C25H34N2O3S. The number of fused-ring (bicyclic) bond motifs is 1. The number of hydrogen-bond donors (Lipinski definition) is 0. The zero-order valence-corrected chi connectivity index (χ0v) is 20.1. The number of amides is 2. The van der Waals surface area contributed by atoms with Crippen LogP contribution in [-0.4, -0.2) is 47.4 Å². The molecule has 0 saturated carbocycles. The fraction of sp³-hybridized carbons (Fsp3) is 0.520. The number of carbonyl (C=O) groups is 2. The Balaban J connectivity index is 1.76. The first-order valence-electron chi connectivity index (χ1n) is 11.2. The van der Waals surface area contributed by atoms with E-state index in [1.807, 2.05) is 30.9 Å². The molecule has 0 radical (unpaired) electrons. The molecule has 2 aromatic rings. The van der Waals surface area contributed by atoms with E-state index in [2.05, 4.69) is 37.4 Å². The third-order valence-electron chi connectivity index (χ3n) is 6.20. The highest BCUT2D eigenvalue weighted by atomic mass is 32.1. The average molecular weight is 443 g/mol. The van der Waals surface area contributed by atoms with Gasteiger partial charge in [-0.05, 0) is 60.4 Å². The molecular weight excluding hydrogens is 408 g/mol. The molecule has 1 aromatic carbocycles. The van der Waals surface area contributed by atoms with Crippen molar-refractivity contribution in [2.24, 2.45) is 0 Å². The Morgan fingerprint density at radius 1 is 1.19 bits per heavy atom. The number of rotatable bonds is 8. The normalized spacial score (nSPS) is 16.7. The van der Waals surface area contributed by atoms with Crippen molar-refractivity contribution < 1.29 is 14.3 Å². The quantitative estimate of drug-likeness (QED) is 0.577. The van der Waals surface area contributed by atoms with Gasteiger partial charge in [0.05, 0.1) is 12.6 Å². The first-order chi connectivity index (χ1) is 14.8. The Kier molecular flexibility index (Phi) is 7.76. The van der Waals surface area contributed by atoms with Crippen LogP contribution in [0.25, 0.3) is 0 Å². The van der Waals surface area contributed by atoms with Gasteiger partial charge in [0.25, 0.3) is 0 Å². The largest absolute Gasteiger partial charge is 0.491 e. The van der Waals surface area contributed by atoms with E-state index in [9.17, 15) is 9.59 Å². The van der Waals surface area contributed by atoms with Crippen LogP contribution in [0.3, 0.4) is 0 Å². The van der Waals surface area contributed by atoms with E-state index >= 15 is 0 Å². The van der Waals surface area contributed by atoms with E-state index in [0.717, 1.165) is 18.6 Å². The van der Waals surface area contributed by atoms with Gasteiger partial charge in [0, 0.05) is 24.4 Å². The molecule has 0 fully saturated rings. The van der Waals surface area contributed by atoms with Crippen LogP contribution >= 0.6 is 11.3 Å². The zero-order valence-electron chi connectivity index (χ0n) is 19.3. The molecule has 2 atom stereocenters. The number of benzene rings is 1. The maximum Gasteiger partial charge on any atom is 0.242 e. The first kappa shape index (κ1) is 23.3. The Labute approximate surface area is 190 Å². The summed E-state index contributed by atoms with van der Waals surface area (Å²) in [6.45, 7) is 11.1. The maximum absolute atomic E-state index is 13.3. The minimum absolute atomic E-state index is 0.0175. The van der Waals surface area contributed by atoms with Crippen LogP contribution in [-0.2, 0) is 16.0 Å². The highest BCUT2D eigenvalue weighted by Gasteiger charge is 2.33. The van der Waals surface area contributed by atoms with Crippen LogP contribution in [0.15, 0.2) is 35.7 Å². The summed E-state index contributed by atoms with van der Waals surface area (Å²) in [4.78, 5) is 30.3. The molecule has 5 nitrogen and oxygen atoms in total. The van der Waals surface area contributed by atoms with Crippen molar-refractivity contribution in [3.05, 3.63) is 51.7 Å². The van der Waals surface area contributed by atoms with E-state index < -0.39 is 0 Å². The lowest BCUT2D eigenvalue weighted by atomic mass is 10.00. The van der Waals surface area contributed by atoms with Gasteiger partial charge in [-0.15, -0.1) is 11.3 Å². The highest BCUT2D eigenvalue weighted by Crippen LogP contribution is 2.34. The Hall–Kier alpha value is -2.34. The van der Waals surface area contributed by atoms with Gasteiger partial charge in [0.1, 0.15) is 12.4 Å². The molecule has 31 heavy (non-hydrogen) atoms. The van der Waals surface area contributed by atoms with E-state index in [0.29, 0.717) is 19.1 Å². The topological polar surface area (TPSA) is 49.9 Å². The Bertz CT molecular complexity index is 890. The summed E-state index contributed by atoms with van der Waals surface area (Å²) in [5.41, 5.74) is 2.44. The SMILES string of the molecule is CC[C@@H](C)N(CC(=O)N1CCc2sccc2[C@@H]1COc1ccc(C(C)C)cc1)C(C)=O. The van der Waals surface area contributed by atoms with Crippen molar-refractivity contribution in [2.45, 2.75) is 65.5 Å². The van der Waals surface area contributed by atoms with Gasteiger partial charge in [-0.3, -0.25) is 9.59 Å². The molecule has 2 amide bonds.